The Morgan fingerprint density at radius 2 is 1.43 bits per heavy atom. The van der Waals surface area contributed by atoms with Crippen molar-refractivity contribution in [3.05, 3.63) is 0 Å². The Kier molecular flexibility index (Phi) is 4.03. The second-order valence-corrected chi connectivity index (χ2v) is 6.63. The van der Waals surface area contributed by atoms with Gasteiger partial charge in [0.05, 0.1) is 0 Å². The summed E-state index contributed by atoms with van der Waals surface area (Å²) < 4.78 is 21.5. The van der Waals surface area contributed by atoms with Gasteiger partial charge in [0.25, 0.3) is 0 Å². The Labute approximate surface area is 80.4 Å². The normalized spacial score (nSPS) is 13.1. The van der Waals surface area contributed by atoms with Crippen molar-refractivity contribution in [2.24, 2.45) is 0 Å². The van der Waals surface area contributed by atoms with Gasteiger partial charge in [0.2, 0.25) is 5.40 Å². The summed E-state index contributed by atoms with van der Waals surface area (Å²) in [5, 5.41) is 4.77. The van der Waals surface area contributed by atoms with E-state index in [1.807, 2.05) is 0 Å². The molecule has 10 heteroatoms. The van der Waals surface area contributed by atoms with Gasteiger partial charge in [-0.25, -0.2) is 0 Å². The number of nitrogens with one attached hydrogen (secondary N) is 1. The molecule has 0 rings (SSSR count). The lowest BCUT2D eigenvalue weighted by Crippen LogP contribution is -2.32. The molecule has 8 nitrogen and oxygen atoms in total. The van der Waals surface area contributed by atoms with E-state index in [0.717, 1.165) is 4.90 Å². The van der Waals surface area contributed by atoms with Crippen molar-refractivity contribution in [1.82, 2.24) is 4.90 Å². The molecule has 0 spiro atoms. The van der Waals surface area contributed by atoms with E-state index in [2.05, 4.69) is 0 Å². The second-order valence-electron chi connectivity index (χ2n) is 2.83. The smallest absolute Gasteiger partial charge is 0.348 e. The molecule has 0 unspecified atom stereocenters. The topological polar surface area (TPSA) is 142 Å². The van der Waals surface area contributed by atoms with Crippen LogP contribution >= 0.6 is 15.2 Å². The van der Waals surface area contributed by atoms with Crippen LogP contribution in [0.3, 0.4) is 0 Å². The number of rotatable bonds is 3. The fourth-order valence-corrected chi connectivity index (χ4v) is 3.41. The third-order valence-electron chi connectivity index (χ3n) is 1.36. The summed E-state index contributed by atoms with van der Waals surface area (Å²) in [4.78, 5) is 35.7. The molecule has 0 saturated carbocycles. The molecule has 0 radical (unpaired) electrons. The Morgan fingerprint density at radius 1 is 1.14 bits per heavy atom. The molecule has 0 aliphatic heterocycles. The van der Waals surface area contributed by atoms with Crippen molar-refractivity contribution in [2.75, 3.05) is 14.1 Å². The highest BCUT2D eigenvalue weighted by molar-refractivity contribution is 7.72. The zero-order chi connectivity index (χ0) is 11.7. The lowest BCUT2D eigenvalue weighted by molar-refractivity contribution is 0.346. The lowest BCUT2D eigenvalue weighted by atomic mass is 10.6. The first kappa shape index (κ1) is 13.8. The van der Waals surface area contributed by atoms with E-state index >= 15 is 0 Å². The molecule has 0 aliphatic rings. The van der Waals surface area contributed by atoms with Crippen molar-refractivity contribution >= 4 is 21.0 Å². The Morgan fingerprint density at radius 3 is 1.50 bits per heavy atom. The quantitative estimate of drug-likeness (QED) is 0.249. The van der Waals surface area contributed by atoms with Gasteiger partial charge in [-0.15, -0.1) is 0 Å². The molecule has 5 N–H and O–H groups in total. The maximum atomic E-state index is 10.8. The van der Waals surface area contributed by atoms with Gasteiger partial charge in [-0.05, 0) is 0 Å². The van der Waals surface area contributed by atoms with Crippen LogP contribution in [-0.2, 0) is 9.13 Å². The molecule has 0 saturated heterocycles. The molecule has 84 valence electrons. The van der Waals surface area contributed by atoms with Crippen LogP contribution in [-0.4, -0.2) is 49.8 Å². The maximum Gasteiger partial charge on any atom is 0.348 e. The summed E-state index contributed by atoms with van der Waals surface area (Å²) >= 11 is 0. The van der Waals surface area contributed by atoms with Crippen LogP contribution in [0.4, 0.5) is 0 Å². The molecule has 0 amide bonds. The number of hydrogen-bond acceptors (Lipinski definition) is 3. The SMILES string of the molecule is CN(C)C(=N)C(P(=O)(O)O)P(=O)(O)O. The third-order valence-corrected chi connectivity index (χ3v) is 4.93. The minimum Gasteiger partial charge on any atom is -0.365 e. The monoisotopic (exact) mass is 246 g/mol. The van der Waals surface area contributed by atoms with Gasteiger partial charge in [0.15, 0.2) is 0 Å². The van der Waals surface area contributed by atoms with Crippen LogP contribution in [0.2, 0.25) is 0 Å². The highest BCUT2D eigenvalue weighted by atomic mass is 31.2. The first-order valence-electron chi connectivity index (χ1n) is 3.34. The summed E-state index contributed by atoms with van der Waals surface area (Å²) in [5.74, 6) is -0.799. The third kappa shape index (κ3) is 3.49. The van der Waals surface area contributed by atoms with Crippen LogP contribution in [0.25, 0.3) is 0 Å². The number of amidine groups is 1. The molecular formula is C4H12N2O6P2. The van der Waals surface area contributed by atoms with Gasteiger partial charge in [0.1, 0.15) is 5.84 Å². The molecule has 14 heavy (non-hydrogen) atoms. The molecule has 0 aromatic rings. The first-order chi connectivity index (χ1) is 5.98. The van der Waals surface area contributed by atoms with Crippen molar-refractivity contribution in [1.29, 1.82) is 5.41 Å². The summed E-state index contributed by atoms with van der Waals surface area (Å²) in [6, 6.07) is 0. The molecular weight excluding hydrogens is 234 g/mol. The van der Waals surface area contributed by atoms with Gasteiger partial charge in [-0.2, -0.15) is 0 Å². The Balaban J connectivity index is 5.27. The fourth-order valence-electron chi connectivity index (χ4n) is 0.745. The summed E-state index contributed by atoms with van der Waals surface area (Å²) in [5.41, 5.74) is 0. The van der Waals surface area contributed by atoms with Crippen LogP contribution in [0.15, 0.2) is 0 Å². The van der Waals surface area contributed by atoms with Crippen LogP contribution in [0, 0.1) is 5.41 Å². The Bertz CT molecular complexity index is 294. The molecule has 0 atom stereocenters. The van der Waals surface area contributed by atoms with E-state index < -0.39 is 26.4 Å². The second kappa shape index (κ2) is 4.10. The predicted octanol–water partition coefficient (Wildman–Crippen LogP) is -0.793. The highest BCUT2D eigenvalue weighted by Gasteiger charge is 2.47. The fraction of sp³-hybridized carbons (Fsp3) is 0.750. The van der Waals surface area contributed by atoms with E-state index in [1.54, 1.807) is 0 Å². The van der Waals surface area contributed by atoms with Crippen molar-refractivity contribution in [3.63, 3.8) is 0 Å². The van der Waals surface area contributed by atoms with E-state index in [4.69, 9.17) is 25.0 Å². The van der Waals surface area contributed by atoms with Crippen molar-refractivity contribution < 1.29 is 28.7 Å². The van der Waals surface area contributed by atoms with E-state index in [0.29, 0.717) is 0 Å². The average molecular weight is 246 g/mol. The molecule has 0 bridgehead atoms. The minimum atomic E-state index is -5.04. The highest BCUT2D eigenvalue weighted by Crippen LogP contribution is 2.60. The van der Waals surface area contributed by atoms with E-state index in [1.165, 1.54) is 14.1 Å². The minimum absolute atomic E-state index is 0.799. The molecule has 0 heterocycles. The molecule has 0 aromatic carbocycles. The number of nitrogens with zero attached hydrogens (tertiary/aromatic N) is 1. The average Bonchev–Trinajstić information content (AvgIpc) is 1.79. The van der Waals surface area contributed by atoms with Gasteiger partial charge < -0.3 is 24.5 Å². The summed E-state index contributed by atoms with van der Waals surface area (Å²) in [7, 11) is -7.54. The van der Waals surface area contributed by atoms with Gasteiger partial charge >= 0.3 is 15.2 Å². The maximum absolute atomic E-state index is 10.8. The van der Waals surface area contributed by atoms with Gasteiger partial charge in [-0.3, -0.25) is 14.5 Å². The van der Waals surface area contributed by atoms with Crippen molar-refractivity contribution in [2.45, 2.75) is 5.40 Å². The first-order valence-corrected chi connectivity index (χ1v) is 6.70. The molecule has 0 fully saturated rings. The molecule has 0 aliphatic carbocycles. The largest absolute Gasteiger partial charge is 0.365 e. The van der Waals surface area contributed by atoms with E-state index in [9.17, 15) is 9.13 Å². The van der Waals surface area contributed by atoms with Crippen LogP contribution in [0.5, 0.6) is 0 Å². The van der Waals surface area contributed by atoms with Gasteiger partial charge in [-0.1, -0.05) is 0 Å². The zero-order valence-corrected chi connectivity index (χ0v) is 9.31. The summed E-state index contributed by atoms with van der Waals surface area (Å²) in [6.45, 7) is 0. The van der Waals surface area contributed by atoms with Crippen LogP contribution < -0.4 is 0 Å². The standard InChI is InChI=1S/C4H12N2O6P2/c1-6(2)3(5)4(13(7,8)9)14(10,11)12/h4-5H,1-2H3,(H2,7,8,9)(H2,10,11,12). The number of hydrogen-bond donors (Lipinski definition) is 5. The van der Waals surface area contributed by atoms with E-state index in [-0.39, 0.29) is 0 Å². The molecule has 0 aromatic heterocycles. The lowest BCUT2D eigenvalue weighted by Gasteiger charge is -2.24. The van der Waals surface area contributed by atoms with Crippen molar-refractivity contribution in [3.8, 4) is 0 Å². The summed E-state index contributed by atoms with van der Waals surface area (Å²) in [6.07, 6.45) is 0. The van der Waals surface area contributed by atoms with Gasteiger partial charge in [0, 0.05) is 14.1 Å². The Hall–Kier alpha value is -0.230. The predicted molar refractivity (Wildman–Crippen MR) is 49.3 cm³/mol. The van der Waals surface area contributed by atoms with Crippen LogP contribution in [0.1, 0.15) is 0 Å². The zero-order valence-electron chi connectivity index (χ0n) is 7.52.